The zero-order valence-electron chi connectivity index (χ0n) is 9.81. The van der Waals surface area contributed by atoms with Gasteiger partial charge < -0.3 is 10.4 Å². The molecule has 0 fully saturated rings. The largest absolute Gasteiger partial charge is 0.391 e. The summed E-state index contributed by atoms with van der Waals surface area (Å²) in [5.74, 6) is 0.0685. The number of aliphatic hydroxyl groups is 1. The van der Waals surface area contributed by atoms with Crippen molar-refractivity contribution in [3.63, 3.8) is 0 Å². The number of hydrogen-bond acceptors (Lipinski definition) is 2. The lowest BCUT2D eigenvalue weighted by molar-refractivity contribution is 0.0850. The van der Waals surface area contributed by atoms with Gasteiger partial charge in [-0.15, -0.1) is 0 Å². The molecular weight excluding hydrogens is 202 g/mol. The molecule has 2 N–H and O–H groups in total. The van der Waals surface area contributed by atoms with Gasteiger partial charge >= 0.3 is 0 Å². The highest BCUT2D eigenvalue weighted by molar-refractivity contribution is 5.94. The third-order valence-corrected chi connectivity index (χ3v) is 2.81. The van der Waals surface area contributed by atoms with Gasteiger partial charge in [-0.3, -0.25) is 4.79 Å². The van der Waals surface area contributed by atoms with Crippen LogP contribution in [-0.4, -0.2) is 23.7 Å². The maximum atomic E-state index is 11.6. The number of nitrogens with one attached hydrogen (secondary N) is 1. The Morgan fingerprint density at radius 1 is 1.38 bits per heavy atom. The van der Waals surface area contributed by atoms with Crippen LogP contribution in [0, 0.1) is 5.92 Å². The third kappa shape index (κ3) is 3.66. The van der Waals surface area contributed by atoms with Crippen LogP contribution < -0.4 is 5.32 Å². The molecule has 16 heavy (non-hydrogen) atoms. The first-order valence-electron chi connectivity index (χ1n) is 5.66. The summed E-state index contributed by atoms with van der Waals surface area (Å²) in [7, 11) is 0. The van der Waals surface area contributed by atoms with Gasteiger partial charge in [0.15, 0.2) is 0 Å². The number of aliphatic hydroxyl groups excluding tert-OH is 1. The molecule has 0 saturated carbocycles. The fraction of sp³-hybridized carbons (Fsp3) is 0.462. The normalized spacial score (nSPS) is 14.2. The quantitative estimate of drug-likeness (QED) is 0.797. The van der Waals surface area contributed by atoms with Gasteiger partial charge in [0.25, 0.3) is 5.91 Å². The summed E-state index contributed by atoms with van der Waals surface area (Å²) >= 11 is 0. The lowest BCUT2D eigenvalue weighted by Gasteiger charge is -2.17. The van der Waals surface area contributed by atoms with E-state index in [1.165, 1.54) is 0 Å². The molecule has 1 rings (SSSR count). The average molecular weight is 221 g/mol. The first-order chi connectivity index (χ1) is 7.65. The Morgan fingerprint density at radius 2 is 2.00 bits per heavy atom. The molecule has 0 aromatic heterocycles. The minimum Gasteiger partial charge on any atom is -0.391 e. The third-order valence-electron chi connectivity index (χ3n) is 2.81. The molecule has 1 aromatic carbocycles. The Bertz CT molecular complexity index is 324. The van der Waals surface area contributed by atoms with Crippen molar-refractivity contribution in [2.45, 2.75) is 26.4 Å². The number of hydrogen-bond donors (Lipinski definition) is 2. The topological polar surface area (TPSA) is 49.3 Å². The molecule has 0 heterocycles. The van der Waals surface area contributed by atoms with Crippen LogP contribution >= 0.6 is 0 Å². The van der Waals surface area contributed by atoms with Gasteiger partial charge in [-0.25, -0.2) is 0 Å². The summed E-state index contributed by atoms with van der Waals surface area (Å²) in [6, 6.07) is 9.01. The van der Waals surface area contributed by atoms with Crippen molar-refractivity contribution in [1.82, 2.24) is 5.32 Å². The van der Waals surface area contributed by atoms with Gasteiger partial charge in [-0.1, -0.05) is 38.5 Å². The van der Waals surface area contributed by atoms with Crippen molar-refractivity contribution in [3.05, 3.63) is 35.9 Å². The lowest BCUT2D eigenvalue weighted by Crippen LogP contribution is -2.35. The fourth-order valence-corrected chi connectivity index (χ4v) is 1.36. The van der Waals surface area contributed by atoms with E-state index in [1.807, 2.05) is 32.0 Å². The van der Waals surface area contributed by atoms with Gasteiger partial charge in [0.1, 0.15) is 0 Å². The van der Waals surface area contributed by atoms with Crippen molar-refractivity contribution in [2.75, 3.05) is 6.54 Å². The Kier molecular flexibility index (Phi) is 4.99. The predicted octanol–water partition coefficient (Wildman–Crippen LogP) is 1.82. The zero-order valence-corrected chi connectivity index (χ0v) is 9.81. The fourth-order valence-electron chi connectivity index (χ4n) is 1.36. The Labute approximate surface area is 96.5 Å². The molecule has 0 spiro atoms. The van der Waals surface area contributed by atoms with E-state index in [-0.39, 0.29) is 11.8 Å². The molecule has 3 heteroatoms. The van der Waals surface area contributed by atoms with E-state index in [4.69, 9.17) is 0 Å². The summed E-state index contributed by atoms with van der Waals surface area (Å²) in [4.78, 5) is 11.6. The molecule has 0 aliphatic rings. The molecule has 0 aliphatic carbocycles. The first kappa shape index (κ1) is 12.7. The molecule has 0 bridgehead atoms. The van der Waals surface area contributed by atoms with Crippen LogP contribution in [0.5, 0.6) is 0 Å². The highest BCUT2D eigenvalue weighted by atomic mass is 16.3. The minimum absolute atomic E-state index is 0.136. The first-order valence-corrected chi connectivity index (χ1v) is 5.66. The van der Waals surface area contributed by atoms with E-state index in [0.717, 1.165) is 6.42 Å². The minimum atomic E-state index is -0.474. The van der Waals surface area contributed by atoms with Crippen LogP contribution in [0.25, 0.3) is 0 Å². The smallest absolute Gasteiger partial charge is 0.251 e. The van der Waals surface area contributed by atoms with Gasteiger partial charge in [0.05, 0.1) is 6.10 Å². The summed E-state index contributed by atoms with van der Waals surface area (Å²) < 4.78 is 0. The van der Waals surface area contributed by atoms with E-state index < -0.39 is 6.10 Å². The van der Waals surface area contributed by atoms with Gasteiger partial charge in [0.2, 0.25) is 0 Å². The van der Waals surface area contributed by atoms with Crippen LogP contribution in [0.4, 0.5) is 0 Å². The Balaban J connectivity index is 2.42. The molecule has 2 atom stereocenters. The monoisotopic (exact) mass is 221 g/mol. The van der Waals surface area contributed by atoms with E-state index in [0.29, 0.717) is 12.1 Å². The number of amides is 1. The maximum Gasteiger partial charge on any atom is 0.251 e. The van der Waals surface area contributed by atoms with Crippen LogP contribution in [0.2, 0.25) is 0 Å². The van der Waals surface area contributed by atoms with Gasteiger partial charge in [-0.2, -0.15) is 0 Å². The average Bonchev–Trinajstić information content (AvgIpc) is 2.35. The highest BCUT2D eigenvalue weighted by Gasteiger charge is 2.13. The molecule has 1 amide bonds. The van der Waals surface area contributed by atoms with E-state index in [2.05, 4.69) is 5.32 Å². The molecule has 88 valence electrons. The molecule has 0 radical (unpaired) electrons. The predicted molar refractivity (Wildman–Crippen MR) is 64.2 cm³/mol. The van der Waals surface area contributed by atoms with Crippen molar-refractivity contribution in [3.8, 4) is 0 Å². The van der Waals surface area contributed by atoms with E-state index >= 15 is 0 Å². The van der Waals surface area contributed by atoms with E-state index in [9.17, 15) is 9.90 Å². The highest BCUT2D eigenvalue weighted by Crippen LogP contribution is 2.06. The molecule has 3 nitrogen and oxygen atoms in total. The molecule has 0 saturated heterocycles. The number of carbonyl (C=O) groups excluding carboxylic acids is 1. The summed E-state index contributed by atoms with van der Waals surface area (Å²) in [5.41, 5.74) is 0.624. The van der Waals surface area contributed by atoms with Crippen LogP contribution in [0.15, 0.2) is 30.3 Å². The zero-order chi connectivity index (χ0) is 12.0. The van der Waals surface area contributed by atoms with Crippen LogP contribution in [-0.2, 0) is 0 Å². The SMILES string of the molecule is CCC(C)C(O)CNC(=O)c1ccccc1. The Morgan fingerprint density at radius 3 is 2.56 bits per heavy atom. The van der Waals surface area contributed by atoms with Crippen molar-refractivity contribution < 1.29 is 9.90 Å². The van der Waals surface area contributed by atoms with Crippen molar-refractivity contribution in [1.29, 1.82) is 0 Å². The Hall–Kier alpha value is -1.35. The van der Waals surface area contributed by atoms with Crippen molar-refractivity contribution in [2.24, 2.45) is 5.92 Å². The standard InChI is InChI=1S/C13H19NO2/c1-3-10(2)12(15)9-14-13(16)11-7-5-4-6-8-11/h4-8,10,12,15H,3,9H2,1-2H3,(H,14,16). The summed E-state index contributed by atoms with van der Waals surface area (Å²) in [5, 5.41) is 12.4. The molecule has 2 unspecified atom stereocenters. The number of benzene rings is 1. The number of carbonyl (C=O) groups is 1. The van der Waals surface area contributed by atoms with Crippen molar-refractivity contribution >= 4 is 5.91 Å². The molecular formula is C13H19NO2. The molecule has 0 aliphatic heterocycles. The molecule has 1 aromatic rings. The second-order valence-electron chi connectivity index (χ2n) is 4.03. The second-order valence-corrected chi connectivity index (χ2v) is 4.03. The maximum absolute atomic E-state index is 11.6. The number of rotatable bonds is 5. The van der Waals surface area contributed by atoms with Gasteiger partial charge in [0, 0.05) is 12.1 Å². The summed E-state index contributed by atoms with van der Waals surface area (Å²) in [6.45, 7) is 4.30. The lowest BCUT2D eigenvalue weighted by atomic mass is 10.0. The second kappa shape index (κ2) is 6.28. The van der Waals surface area contributed by atoms with E-state index in [1.54, 1.807) is 12.1 Å². The van der Waals surface area contributed by atoms with Gasteiger partial charge in [-0.05, 0) is 18.1 Å². The van der Waals surface area contributed by atoms with Crippen LogP contribution in [0.1, 0.15) is 30.6 Å². The summed E-state index contributed by atoms with van der Waals surface area (Å²) in [6.07, 6.45) is 0.431. The van der Waals surface area contributed by atoms with Crippen LogP contribution in [0.3, 0.4) is 0 Å².